The molecule has 0 radical (unpaired) electrons. The molecule has 0 atom stereocenters. The number of ether oxygens (including phenoxy) is 1. The zero-order chi connectivity index (χ0) is 9.97. The Morgan fingerprint density at radius 1 is 1.57 bits per heavy atom. The normalized spacial score (nSPS) is 10.1. The average molecular weight is 210 g/mol. The fourth-order valence-corrected chi connectivity index (χ4v) is 1.40. The fourth-order valence-electron chi connectivity index (χ4n) is 0.958. The summed E-state index contributed by atoms with van der Waals surface area (Å²) in [5.41, 5.74) is 0.616. The molecule has 2 heterocycles. The average Bonchev–Trinajstić information content (AvgIpc) is 2.86. The van der Waals surface area contributed by atoms with Crippen LogP contribution in [0.5, 0.6) is 0 Å². The Hall–Kier alpha value is -1.69. The molecule has 0 N–H and O–H groups in total. The summed E-state index contributed by atoms with van der Waals surface area (Å²) in [6, 6.07) is 3.20. The first-order valence-corrected chi connectivity index (χ1v) is 4.60. The van der Waals surface area contributed by atoms with Gasteiger partial charge in [-0.15, -0.1) is 5.10 Å². The summed E-state index contributed by atoms with van der Waals surface area (Å²) < 4.78 is 13.4. The number of carbonyl (C=O) groups is 1. The molecule has 0 aliphatic carbocycles. The van der Waals surface area contributed by atoms with Crippen molar-refractivity contribution in [1.82, 2.24) is 9.59 Å². The molecule has 2 rings (SSSR count). The first-order valence-electron chi connectivity index (χ1n) is 3.77. The van der Waals surface area contributed by atoms with Crippen LogP contribution in [0.15, 0.2) is 21.9 Å². The van der Waals surface area contributed by atoms with Crippen molar-refractivity contribution in [2.24, 2.45) is 0 Å². The smallest absolute Gasteiger partial charge is 0.373 e. The first-order chi connectivity index (χ1) is 6.81. The Morgan fingerprint density at radius 2 is 2.43 bits per heavy atom. The van der Waals surface area contributed by atoms with E-state index in [4.69, 9.17) is 4.42 Å². The van der Waals surface area contributed by atoms with Crippen molar-refractivity contribution in [3.63, 3.8) is 0 Å². The fraction of sp³-hybridized carbons (Fsp3) is 0.125. The summed E-state index contributed by atoms with van der Waals surface area (Å²) in [5, 5.41) is 5.54. The van der Waals surface area contributed by atoms with E-state index in [1.807, 2.05) is 0 Å². The van der Waals surface area contributed by atoms with Gasteiger partial charge in [-0.05, 0) is 23.7 Å². The van der Waals surface area contributed by atoms with Gasteiger partial charge in [0.05, 0.1) is 7.11 Å². The standard InChI is InChI=1S/C8H6N2O3S/c1-12-8(11)7-3-2-6(13-7)5-4-14-10-9-5/h2-4H,1H3. The van der Waals surface area contributed by atoms with E-state index in [1.165, 1.54) is 18.6 Å². The van der Waals surface area contributed by atoms with E-state index in [-0.39, 0.29) is 5.76 Å². The summed E-state index contributed by atoms with van der Waals surface area (Å²) in [6.07, 6.45) is 0. The van der Waals surface area contributed by atoms with E-state index in [0.29, 0.717) is 11.5 Å². The van der Waals surface area contributed by atoms with E-state index in [2.05, 4.69) is 14.3 Å². The lowest BCUT2D eigenvalue weighted by molar-refractivity contribution is 0.0566. The number of hydrogen-bond donors (Lipinski definition) is 0. The van der Waals surface area contributed by atoms with Gasteiger partial charge in [0.15, 0.2) is 5.76 Å². The summed E-state index contributed by atoms with van der Waals surface area (Å²) in [7, 11) is 1.30. The van der Waals surface area contributed by atoms with E-state index < -0.39 is 5.97 Å². The number of furan rings is 1. The topological polar surface area (TPSA) is 65.2 Å². The van der Waals surface area contributed by atoms with Gasteiger partial charge in [0, 0.05) is 5.38 Å². The molecular weight excluding hydrogens is 204 g/mol. The van der Waals surface area contributed by atoms with Crippen LogP contribution < -0.4 is 0 Å². The number of esters is 1. The van der Waals surface area contributed by atoms with Gasteiger partial charge in [0.1, 0.15) is 5.69 Å². The van der Waals surface area contributed by atoms with Gasteiger partial charge < -0.3 is 9.15 Å². The largest absolute Gasteiger partial charge is 0.463 e. The molecule has 0 unspecified atom stereocenters. The van der Waals surface area contributed by atoms with Crippen molar-refractivity contribution in [1.29, 1.82) is 0 Å². The van der Waals surface area contributed by atoms with Crippen LogP contribution in [0.3, 0.4) is 0 Å². The molecule has 0 aromatic carbocycles. The molecule has 0 spiro atoms. The molecule has 6 heteroatoms. The van der Waals surface area contributed by atoms with Crippen molar-refractivity contribution in [3.05, 3.63) is 23.3 Å². The zero-order valence-corrected chi connectivity index (χ0v) is 8.08. The minimum atomic E-state index is -0.501. The van der Waals surface area contributed by atoms with Crippen LogP contribution >= 0.6 is 11.5 Å². The van der Waals surface area contributed by atoms with E-state index >= 15 is 0 Å². The highest BCUT2D eigenvalue weighted by molar-refractivity contribution is 7.03. The van der Waals surface area contributed by atoms with Crippen molar-refractivity contribution in [2.45, 2.75) is 0 Å². The van der Waals surface area contributed by atoms with Crippen LogP contribution in [0.4, 0.5) is 0 Å². The summed E-state index contributed by atoms with van der Waals surface area (Å²) in [6.45, 7) is 0. The zero-order valence-electron chi connectivity index (χ0n) is 7.26. The van der Waals surface area contributed by atoms with Crippen LogP contribution in [0, 0.1) is 0 Å². The second kappa shape index (κ2) is 3.59. The quantitative estimate of drug-likeness (QED) is 0.704. The number of carbonyl (C=O) groups excluding carboxylic acids is 1. The van der Waals surface area contributed by atoms with Gasteiger partial charge >= 0.3 is 5.97 Å². The van der Waals surface area contributed by atoms with E-state index in [0.717, 1.165) is 0 Å². The maximum atomic E-state index is 11.0. The molecule has 14 heavy (non-hydrogen) atoms. The molecule has 0 amide bonds. The highest BCUT2D eigenvalue weighted by atomic mass is 32.1. The highest BCUT2D eigenvalue weighted by Gasteiger charge is 2.13. The molecular formula is C8H6N2O3S. The van der Waals surface area contributed by atoms with Crippen LogP contribution in [0.1, 0.15) is 10.6 Å². The molecule has 0 aliphatic heterocycles. The summed E-state index contributed by atoms with van der Waals surface area (Å²) in [4.78, 5) is 11.0. The minimum Gasteiger partial charge on any atom is -0.463 e. The third-order valence-corrected chi connectivity index (χ3v) is 2.11. The third-order valence-electron chi connectivity index (χ3n) is 1.61. The van der Waals surface area contributed by atoms with E-state index in [9.17, 15) is 4.79 Å². The Balaban J connectivity index is 2.31. The van der Waals surface area contributed by atoms with Gasteiger partial charge in [-0.2, -0.15) is 0 Å². The maximum Gasteiger partial charge on any atom is 0.373 e. The van der Waals surface area contributed by atoms with Gasteiger partial charge in [-0.1, -0.05) is 4.49 Å². The first kappa shape index (κ1) is 8.89. The molecule has 2 aromatic heterocycles. The number of aromatic nitrogens is 2. The molecule has 0 fully saturated rings. The Morgan fingerprint density at radius 3 is 3.07 bits per heavy atom. The van der Waals surface area contributed by atoms with E-state index in [1.54, 1.807) is 17.5 Å². The molecule has 0 aliphatic rings. The molecule has 72 valence electrons. The lowest BCUT2D eigenvalue weighted by Gasteiger charge is -1.92. The van der Waals surface area contributed by atoms with Crippen LogP contribution in [0.25, 0.3) is 11.5 Å². The number of hydrogen-bond acceptors (Lipinski definition) is 6. The maximum absolute atomic E-state index is 11.0. The molecule has 5 nitrogen and oxygen atoms in total. The van der Waals surface area contributed by atoms with Crippen LogP contribution in [-0.2, 0) is 4.74 Å². The van der Waals surface area contributed by atoms with Crippen molar-refractivity contribution in [2.75, 3.05) is 7.11 Å². The van der Waals surface area contributed by atoms with Crippen molar-refractivity contribution >= 4 is 17.5 Å². The highest BCUT2D eigenvalue weighted by Crippen LogP contribution is 2.20. The minimum absolute atomic E-state index is 0.163. The van der Waals surface area contributed by atoms with Crippen molar-refractivity contribution in [3.8, 4) is 11.5 Å². The lowest BCUT2D eigenvalue weighted by atomic mass is 10.4. The lowest BCUT2D eigenvalue weighted by Crippen LogP contribution is -1.98. The summed E-state index contributed by atoms with van der Waals surface area (Å²) >= 11 is 1.22. The second-order valence-electron chi connectivity index (χ2n) is 2.45. The van der Waals surface area contributed by atoms with Crippen LogP contribution in [0.2, 0.25) is 0 Å². The van der Waals surface area contributed by atoms with Gasteiger partial charge in [0.25, 0.3) is 0 Å². The molecule has 0 saturated carbocycles. The number of nitrogens with zero attached hydrogens (tertiary/aromatic N) is 2. The second-order valence-corrected chi connectivity index (χ2v) is 3.06. The molecule has 0 bridgehead atoms. The number of methoxy groups -OCH3 is 1. The van der Waals surface area contributed by atoms with Crippen molar-refractivity contribution < 1.29 is 13.9 Å². The Kier molecular flexibility index (Phi) is 2.28. The summed E-state index contributed by atoms with van der Waals surface area (Å²) in [5.74, 6) is 0.175. The third kappa shape index (κ3) is 1.51. The monoisotopic (exact) mass is 210 g/mol. The predicted octanol–water partition coefficient (Wildman–Crippen LogP) is 1.58. The van der Waals surface area contributed by atoms with Gasteiger partial charge in [-0.25, -0.2) is 4.79 Å². The van der Waals surface area contributed by atoms with Gasteiger partial charge in [-0.3, -0.25) is 0 Å². The Labute approximate surface area is 83.5 Å². The van der Waals surface area contributed by atoms with Gasteiger partial charge in [0.2, 0.25) is 5.76 Å². The Bertz CT molecular complexity index is 435. The van der Waals surface area contributed by atoms with Crippen LogP contribution in [-0.4, -0.2) is 22.7 Å². The molecule has 2 aromatic rings. The SMILES string of the molecule is COC(=O)c1ccc(-c2csnn2)o1. The predicted molar refractivity (Wildman–Crippen MR) is 49.0 cm³/mol. The molecule has 0 saturated heterocycles. The number of rotatable bonds is 2.